The monoisotopic (exact) mass is 287 g/mol. The van der Waals surface area contributed by atoms with Crippen LogP contribution in [0, 0.1) is 0 Å². The zero-order valence-electron chi connectivity index (χ0n) is 10.7. The van der Waals surface area contributed by atoms with E-state index in [1.807, 2.05) is 6.07 Å². The molecule has 2 aromatic rings. The van der Waals surface area contributed by atoms with E-state index in [-0.39, 0.29) is 0 Å². The van der Waals surface area contributed by atoms with E-state index in [2.05, 4.69) is 22.3 Å². The number of amides is 1. The van der Waals surface area contributed by atoms with Gasteiger partial charge in [-0.15, -0.1) is 5.10 Å². The molecule has 0 atom stereocenters. The molecule has 1 amide bonds. The van der Waals surface area contributed by atoms with E-state index in [4.69, 9.17) is 5.21 Å². The molecule has 6 heteroatoms. The molecule has 0 spiro atoms. The van der Waals surface area contributed by atoms with Crippen molar-refractivity contribution in [2.24, 2.45) is 0 Å². The van der Waals surface area contributed by atoms with Crippen molar-refractivity contribution in [1.82, 2.24) is 15.7 Å². The summed E-state index contributed by atoms with van der Waals surface area (Å²) < 4.78 is 0. The van der Waals surface area contributed by atoms with Crippen LogP contribution in [0.15, 0.2) is 40.4 Å². The van der Waals surface area contributed by atoms with Gasteiger partial charge in [-0.05, 0) is 48.6 Å². The molecule has 1 aliphatic rings. The predicted molar refractivity (Wildman–Crippen MR) is 73.9 cm³/mol. The van der Waals surface area contributed by atoms with E-state index >= 15 is 0 Å². The second-order valence-corrected chi connectivity index (χ2v) is 5.64. The Morgan fingerprint density at radius 1 is 1.25 bits per heavy atom. The van der Waals surface area contributed by atoms with Crippen LogP contribution in [0.25, 0.3) is 0 Å². The number of nitrogens with zero attached hydrogens (tertiary/aromatic N) is 2. The third-order valence-corrected chi connectivity index (χ3v) is 4.30. The Bertz CT molecular complexity index is 661. The van der Waals surface area contributed by atoms with Crippen molar-refractivity contribution in [2.45, 2.75) is 29.2 Å². The van der Waals surface area contributed by atoms with Crippen molar-refractivity contribution in [3.63, 3.8) is 0 Å². The zero-order chi connectivity index (χ0) is 13.9. The molecule has 0 unspecified atom stereocenters. The van der Waals surface area contributed by atoms with Gasteiger partial charge in [0.2, 0.25) is 0 Å². The van der Waals surface area contributed by atoms with Gasteiger partial charge < -0.3 is 0 Å². The summed E-state index contributed by atoms with van der Waals surface area (Å²) in [7, 11) is 0. The fraction of sp³-hybridized carbons (Fsp3) is 0.214. The number of carbonyl (C=O) groups is 1. The molecular weight excluding hydrogens is 274 g/mol. The Morgan fingerprint density at radius 3 is 2.95 bits per heavy atom. The molecule has 20 heavy (non-hydrogen) atoms. The van der Waals surface area contributed by atoms with Crippen LogP contribution in [-0.2, 0) is 12.8 Å². The number of benzene rings is 1. The number of aromatic nitrogens is 2. The summed E-state index contributed by atoms with van der Waals surface area (Å²) in [5, 5.41) is 17.0. The maximum absolute atomic E-state index is 11.6. The van der Waals surface area contributed by atoms with Gasteiger partial charge >= 0.3 is 0 Å². The van der Waals surface area contributed by atoms with Crippen LogP contribution in [0.2, 0.25) is 0 Å². The summed E-state index contributed by atoms with van der Waals surface area (Å²) in [6.45, 7) is 0. The van der Waals surface area contributed by atoms with Crippen molar-refractivity contribution in [2.75, 3.05) is 0 Å². The minimum absolute atomic E-state index is 0.313. The van der Waals surface area contributed by atoms with Crippen molar-refractivity contribution in [3.8, 4) is 0 Å². The topological polar surface area (TPSA) is 75.1 Å². The Balaban J connectivity index is 1.90. The predicted octanol–water partition coefficient (Wildman–Crippen LogP) is 2.24. The van der Waals surface area contributed by atoms with Crippen molar-refractivity contribution in [3.05, 3.63) is 47.2 Å². The lowest BCUT2D eigenvalue weighted by atomic mass is 10.1. The first-order valence-corrected chi connectivity index (χ1v) is 7.15. The second-order valence-electron chi connectivity index (χ2n) is 4.58. The normalized spacial score (nSPS) is 13.1. The largest absolute Gasteiger partial charge is 0.288 e. The third kappa shape index (κ3) is 2.52. The summed E-state index contributed by atoms with van der Waals surface area (Å²) in [6.07, 6.45) is 4.88. The average Bonchev–Trinajstić information content (AvgIpc) is 2.94. The van der Waals surface area contributed by atoms with Gasteiger partial charge in [0.15, 0.2) is 0 Å². The number of hydrogen-bond acceptors (Lipinski definition) is 5. The van der Waals surface area contributed by atoms with Crippen LogP contribution >= 0.6 is 11.8 Å². The van der Waals surface area contributed by atoms with Crippen molar-refractivity contribution in [1.29, 1.82) is 0 Å². The molecule has 0 bridgehead atoms. The van der Waals surface area contributed by atoms with E-state index in [0.717, 1.165) is 17.7 Å². The molecule has 0 saturated carbocycles. The van der Waals surface area contributed by atoms with Gasteiger partial charge in [-0.25, -0.2) is 5.48 Å². The highest BCUT2D eigenvalue weighted by atomic mass is 32.2. The maximum Gasteiger partial charge on any atom is 0.277 e. The van der Waals surface area contributed by atoms with Gasteiger partial charge in [0, 0.05) is 4.90 Å². The van der Waals surface area contributed by atoms with E-state index < -0.39 is 5.91 Å². The lowest BCUT2D eigenvalue weighted by Crippen LogP contribution is -2.20. The first kappa shape index (κ1) is 13.1. The fourth-order valence-corrected chi connectivity index (χ4v) is 3.27. The minimum Gasteiger partial charge on any atom is -0.288 e. The number of carbonyl (C=O) groups excluding carboxylic acids is 1. The molecule has 102 valence electrons. The van der Waals surface area contributed by atoms with Gasteiger partial charge in [0.25, 0.3) is 5.91 Å². The molecule has 1 aromatic carbocycles. The van der Waals surface area contributed by atoms with E-state index in [1.54, 1.807) is 5.48 Å². The van der Waals surface area contributed by atoms with Gasteiger partial charge in [-0.1, -0.05) is 17.8 Å². The molecular formula is C14H13N3O2S. The molecule has 0 saturated heterocycles. The maximum atomic E-state index is 11.6. The summed E-state index contributed by atoms with van der Waals surface area (Å²) in [5.74, 6) is -0.580. The Hall–Kier alpha value is -1.92. The lowest BCUT2D eigenvalue weighted by Gasteiger charge is -2.07. The van der Waals surface area contributed by atoms with Crippen LogP contribution in [-0.4, -0.2) is 21.3 Å². The smallest absolute Gasteiger partial charge is 0.277 e. The molecule has 1 aliphatic carbocycles. The number of rotatable bonds is 3. The van der Waals surface area contributed by atoms with Gasteiger partial charge in [-0.3, -0.25) is 10.0 Å². The van der Waals surface area contributed by atoms with E-state index in [0.29, 0.717) is 10.6 Å². The van der Waals surface area contributed by atoms with Gasteiger partial charge in [0.05, 0.1) is 11.8 Å². The fourth-order valence-electron chi connectivity index (χ4n) is 2.35. The lowest BCUT2D eigenvalue weighted by molar-refractivity contribution is 0.0702. The highest BCUT2D eigenvalue weighted by molar-refractivity contribution is 7.99. The first-order chi connectivity index (χ1) is 9.78. The number of aryl methyl sites for hydroxylation is 2. The third-order valence-electron chi connectivity index (χ3n) is 3.32. The summed E-state index contributed by atoms with van der Waals surface area (Å²) in [4.78, 5) is 12.6. The first-order valence-electron chi connectivity index (χ1n) is 6.33. The molecule has 2 N–H and O–H groups in total. The van der Waals surface area contributed by atoms with Crippen molar-refractivity contribution < 1.29 is 10.0 Å². The molecule has 3 rings (SSSR count). The number of hydroxylamine groups is 1. The van der Waals surface area contributed by atoms with Crippen LogP contribution in [0.3, 0.4) is 0 Å². The minimum atomic E-state index is -0.580. The number of hydrogen-bond donors (Lipinski definition) is 2. The van der Waals surface area contributed by atoms with Crippen LogP contribution in [0.1, 0.15) is 27.9 Å². The molecule has 0 radical (unpaired) electrons. The SMILES string of the molecule is O=C(NO)c1ccnnc1Sc1ccc2c(c1)CCC2. The standard InChI is InChI=1S/C14H13N3O2S/c18-13(17-19)12-6-7-15-16-14(12)20-11-5-4-9-2-1-3-10(9)8-11/h4-8,19H,1-3H2,(H,17,18). The highest BCUT2D eigenvalue weighted by Gasteiger charge is 2.15. The van der Waals surface area contributed by atoms with E-state index in [1.165, 1.54) is 41.6 Å². The van der Waals surface area contributed by atoms with Crippen molar-refractivity contribution >= 4 is 17.7 Å². The Labute approximate surface area is 120 Å². The van der Waals surface area contributed by atoms with Crippen LogP contribution < -0.4 is 5.48 Å². The summed E-state index contributed by atoms with van der Waals surface area (Å²) >= 11 is 1.38. The number of nitrogens with one attached hydrogen (secondary N) is 1. The van der Waals surface area contributed by atoms with Gasteiger partial charge in [0.1, 0.15) is 5.03 Å². The van der Waals surface area contributed by atoms with E-state index in [9.17, 15) is 4.79 Å². The van der Waals surface area contributed by atoms with Crippen LogP contribution in [0.4, 0.5) is 0 Å². The Morgan fingerprint density at radius 2 is 2.10 bits per heavy atom. The molecule has 0 aliphatic heterocycles. The molecule has 1 aromatic heterocycles. The molecule has 5 nitrogen and oxygen atoms in total. The summed E-state index contributed by atoms with van der Waals surface area (Å²) in [6, 6.07) is 7.84. The van der Waals surface area contributed by atoms with Gasteiger partial charge in [-0.2, -0.15) is 5.10 Å². The summed E-state index contributed by atoms with van der Waals surface area (Å²) in [5.41, 5.74) is 4.71. The molecule has 1 heterocycles. The molecule has 0 fully saturated rings. The van der Waals surface area contributed by atoms with Crippen LogP contribution in [0.5, 0.6) is 0 Å². The quantitative estimate of drug-likeness (QED) is 0.669. The number of fused-ring (bicyclic) bond motifs is 1. The highest BCUT2D eigenvalue weighted by Crippen LogP contribution is 2.32. The Kier molecular flexibility index (Phi) is 3.66. The second kappa shape index (κ2) is 5.60. The average molecular weight is 287 g/mol. The zero-order valence-corrected chi connectivity index (χ0v) is 11.5.